The molecule has 2 heterocycles. The van der Waals surface area contributed by atoms with E-state index in [2.05, 4.69) is 17.4 Å². The molecule has 0 saturated carbocycles. The van der Waals surface area contributed by atoms with Gasteiger partial charge in [-0.2, -0.15) is 0 Å². The first kappa shape index (κ1) is 29.0. The molecule has 228 valence electrons. The molecule has 2 amide bonds. The summed E-state index contributed by atoms with van der Waals surface area (Å²) in [6, 6.07) is 21.6. The fourth-order valence-electron chi connectivity index (χ4n) is 6.92. The van der Waals surface area contributed by atoms with E-state index in [-0.39, 0.29) is 52.3 Å². The zero-order valence-electron chi connectivity index (χ0n) is 24.5. The molecule has 0 spiro atoms. The maximum Gasteiger partial charge on any atom is 0.410 e. The minimum atomic E-state index is -1.87. The third-order valence-corrected chi connectivity index (χ3v) is 10.3. The van der Waals surface area contributed by atoms with Crippen LogP contribution < -0.4 is 5.32 Å². The van der Waals surface area contributed by atoms with Gasteiger partial charge in [-0.1, -0.05) is 72.8 Å². The smallest absolute Gasteiger partial charge is 0.410 e. The number of nitrogens with one attached hydrogen (secondary N) is 1. The number of nitrogens with zero attached hydrogens (tertiary/aromatic N) is 1. The monoisotopic (exact) mass is 622 g/mol. The van der Waals surface area contributed by atoms with Crippen molar-refractivity contribution in [3.63, 3.8) is 0 Å². The number of benzene rings is 3. The van der Waals surface area contributed by atoms with Crippen LogP contribution in [-0.4, -0.2) is 71.5 Å². The number of hydrogen-bond donors (Lipinski definition) is 1. The van der Waals surface area contributed by atoms with Crippen molar-refractivity contribution < 1.29 is 33.4 Å². The summed E-state index contributed by atoms with van der Waals surface area (Å²) in [6.07, 6.45) is 0.282. The van der Waals surface area contributed by atoms with Crippen molar-refractivity contribution in [2.45, 2.75) is 37.3 Å². The third kappa shape index (κ3) is 4.58. The maximum atomic E-state index is 13.9. The van der Waals surface area contributed by atoms with E-state index in [4.69, 9.17) is 9.47 Å². The minimum absolute atomic E-state index is 0.0117. The standard InChI is InChI=1S/C35H30N2O7S/c1-2-43-33(41)35(19-45-31-28(35)29(38)24-14-7-8-15-25(24)30(31)39)36-32(40)27-16-9-17-37(27)34(42)44-18-26-22-12-5-3-10-20(22)21-11-4-6-13-23(21)26/h3-8,10-15,26-27H,2,9,16-19H2,1H3,(H,36,40). The van der Waals surface area contributed by atoms with Crippen molar-refractivity contribution in [1.82, 2.24) is 10.2 Å². The Morgan fingerprint density at radius 1 is 0.867 bits per heavy atom. The number of rotatable bonds is 6. The van der Waals surface area contributed by atoms with Crippen molar-refractivity contribution in [1.29, 1.82) is 0 Å². The largest absolute Gasteiger partial charge is 0.464 e. The first-order chi connectivity index (χ1) is 21.9. The van der Waals surface area contributed by atoms with E-state index >= 15 is 0 Å². The molecule has 0 radical (unpaired) electrons. The highest BCUT2D eigenvalue weighted by Gasteiger charge is 2.57. The van der Waals surface area contributed by atoms with Gasteiger partial charge in [0, 0.05) is 29.3 Å². The van der Waals surface area contributed by atoms with E-state index in [1.165, 1.54) is 11.0 Å². The van der Waals surface area contributed by atoms with Crippen LogP contribution in [0.25, 0.3) is 11.1 Å². The number of ether oxygens (including phenoxy) is 2. The van der Waals surface area contributed by atoms with E-state index in [1.54, 1.807) is 25.1 Å². The second kappa shape index (κ2) is 11.3. The third-order valence-electron chi connectivity index (χ3n) is 9.02. The van der Waals surface area contributed by atoms with Crippen molar-refractivity contribution >= 4 is 41.3 Å². The number of ketones is 2. The second-order valence-corrected chi connectivity index (χ2v) is 12.5. The Hall–Kier alpha value is -4.70. The number of amides is 2. The molecule has 1 fully saturated rings. The normalized spacial score (nSPS) is 21.6. The maximum absolute atomic E-state index is 13.9. The van der Waals surface area contributed by atoms with Crippen molar-refractivity contribution in [2.24, 2.45) is 0 Å². The Morgan fingerprint density at radius 2 is 1.47 bits per heavy atom. The number of hydrogen-bond acceptors (Lipinski definition) is 8. The van der Waals surface area contributed by atoms with Crippen LogP contribution in [0, 0.1) is 0 Å². The van der Waals surface area contributed by atoms with Gasteiger partial charge in [0.15, 0.2) is 11.3 Å². The first-order valence-corrected chi connectivity index (χ1v) is 16.0. The first-order valence-electron chi connectivity index (χ1n) is 15.0. The predicted molar refractivity (Wildman–Crippen MR) is 167 cm³/mol. The molecule has 2 aliphatic heterocycles. The van der Waals surface area contributed by atoms with E-state index in [9.17, 15) is 24.0 Å². The number of carbonyl (C=O) groups is 5. The van der Waals surface area contributed by atoms with Gasteiger partial charge >= 0.3 is 12.1 Å². The second-order valence-electron chi connectivity index (χ2n) is 11.5. The number of likely N-dealkylation sites (tertiary alicyclic amines) is 1. The molecule has 9 nitrogen and oxygen atoms in total. The van der Waals surface area contributed by atoms with E-state index < -0.39 is 35.3 Å². The Labute approximate surface area is 264 Å². The van der Waals surface area contributed by atoms with Gasteiger partial charge in [0.1, 0.15) is 12.6 Å². The number of Topliss-reactive ketones (excluding diaryl/α,β-unsaturated/α-hetero) is 2. The van der Waals surface area contributed by atoms with Gasteiger partial charge in [-0.05, 0) is 42.0 Å². The van der Waals surface area contributed by atoms with Gasteiger partial charge in [0.25, 0.3) is 0 Å². The summed E-state index contributed by atoms with van der Waals surface area (Å²) in [7, 11) is 0. The van der Waals surface area contributed by atoms with E-state index in [0.717, 1.165) is 34.0 Å². The molecular weight excluding hydrogens is 592 g/mol. The highest BCUT2D eigenvalue weighted by molar-refractivity contribution is 8.04. The number of esters is 1. The van der Waals surface area contributed by atoms with Crippen LogP contribution >= 0.6 is 11.8 Å². The van der Waals surface area contributed by atoms with Crippen LogP contribution in [0.2, 0.25) is 0 Å². The number of thioether (sulfide) groups is 1. The lowest BCUT2D eigenvalue weighted by Crippen LogP contribution is -2.62. The Kier molecular flexibility index (Phi) is 7.32. The van der Waals surface area contributed by atoms with Gasteiger partial charge in [0.2, 0.25) is 11.7 Å². The molecule has 1 saturated heterocycles. The van der Waals surface area contributed by atoms with Crippen LogP contribution in [0.15, 0.2) is 83.3 Å². The fraction of sp³-hybridized carbons (Fsp3) is 0.286. The number of allylic oxidation sites excluding steroid dienone is 1. The molecule has 10 heteroatoms. The summed E-state index contributed by atoms with van der Waals surface area (Å²) in [5, 5.41) is 2.79. The van der Waals surface area contributed by atoms with Crippen LogP contribution in [0.5, 0.6) is 0 Å². The molecule has 3 aromatic rings. The average Bonchev–Trinajstić information content (AvgIpc) is 3.78. The Balaban J connectivity index is 1.12. The van der Waals surface area contributed by atoms with Gasteiger partial charge in [-0.15, -0.1) is 11.8 Å². The van der Waals surface area contributed by atoms with E-state index in [1.807, 2.05) is 36.4 Å². The van der Waals surface area contributed by atoms with E-state index in [0.29, 0.717) is 19.4 Å². The molecule has 2 aliphatic carbocycles. The molecule has 0 aromatic heterocycles. The average molecular weight is 623 g/mol. The van der Waals surface area contributed by atoms with Gasteiger partial charge in [-0.3, -0.25) is 19.3 Å². The van der Waals surface area contributed by atoms with Crippen LogP contribution in [0.3, 0.4) is 0 Å². The molecule has 3 aromatic carbocycles. The summed E-state index contributed by atoms with van der Waals surface area (Å²) in [4.78, 5) is 69.6. The molecular formula is C35H30N2O7S. The molecule has 7 rings (SSSR count). The van der Waals surface area contributed by atoms with Gasteiger partial charge in [0.05, 0.1) is 17.1 Å². The highest BCUT2D eigenvalue weighted by Crippen LogP contribution is 2.47. The van der Waals surface area contributed by atoms with Gasteiger partial charge in [-0.25, -0.2) is 9.59 Å². The Bertz CT molecular complexity index is 1770. The van der Waals surface area contributed by atoms with Crippen LogP contribution in [0.4, 0.5) is 4.79 Å². The van der Waals surface area contributed by atoms with Crippen molar-refractivity contribution in [2.75, 3.05) is 25.5 Å². The number of fused-ring (bicyclic) bond motifs is 4. The van der Waals surface area contributed by atoms with Crippen LogP contribution in [-0.2, 0) is 19.1 Å². The fourth-order valence-corrected chi connectivity index (χ4v) is 8.27. The quantitative estimate of drug-likeness (QED) is 0.386. The molecule has 2 atom stereocenters. The lowest BCUT2D eigenvalue weighted by Gasteiger charge is -2.33. The molecule has 2 unspecified atom stereocenters. The van der Waals surface area contributed by atoms with Crippen molar-refractivity contribution in [3.8, 4) is 11.1 Å². The minimum Gasteiger partial charge on any atom is -0.464 e. The molecule has 4 aliphatic rings. The SMILES string of the molecule is CCOC(=O)C1(NC(=O)C2CCCN2C(=O)OCC2c3ccccc3-c3ccccc32)CSC2=C1C(=O)c1ccccc1C2=O. The summed E-state index contributed by atoms with van der Waals surface area (Å²) in [5.41, 5.74) is 2.86. The molecule has 1 N–H and O–H groups in total. The van der Waals surface area contributed by atoms with Gasteiger partial charge < -0.3 is 14.8 Å². The predicted octanol–water partition coefficient (Wildman–Crippen LogP) is 4.90. The summed E-state index contributed by atoms with van der Waals surface area (Å²) < 4.78 is 11.2. The lowest BCUT2D eigenvalue weighted by molar-refractivity contribution is -0.150. The summed E-state index contributed by atoms with van der Waals surface area (Å²) >= 11 is 1.05. The highest BCUT2D eigenvalue weighted by atomic mass is 32.2. The topological polar surface area (TPSA) is 119 Å². The van der Waals surface area contributed by atoms with Crippen molar-refractivity contribution in [3.05, 3.63) is 106 Å². The lowest BCUT2D eigenvalue weighted by atomic mass is 9.79. The summed E-state index contributed by atoms with van der Waals surface area (Å²) in [6.45, 7) is 2.05. The molecule has 45 heavy (non-hydrogen) atoms. The zero-order valence-corrected chi connectivity index (χ0v) is 25.4. The summed E-state index contributed by atoms with van der Waals surface area (Å²) in [5.74, 6) is -2.51. The Morgan fingerprint density at radius 3 is 2.11 bits per heavy atom. The molecule has 0 bridgehead atoms. The zero-order chi connectivity index (χ0) is 31.3. The van der Waals surface area contributed by atoms with Crippen LogP contribution in [0.1, 0.15) is 57.5 Å². The number of carbonyl (C=O) groups excluding carboxylic acids is 5.